The summed E-state index contributed by atoms with van der Waals surface area (Å²) in [7, 11) is 0. The Labute approximate surface area is 103 Å². The van der Waals surface area contributed by atoms with Gasteiger partial charge >= 0.3 is 0 Å². The Morgan fingerprint density at radius 3 is 2.25 bits per heavy atom. The maximum absolute atomic E-state index is 4.35. The average Bonchev–Trinajstić information content (AvgIpc) is 2.28. The number of aryl methyl sites for hydroxylation is 3. The second kappa shape index (κ2) is 5.22. The zero-order chi connectivity index (χ0) is 11.4. The molecule has 0 N–H and O–H groups in total. The van der Waals surface area contributed by atoms with Gasteiger partial charge in [-0.15, -0.1) is 12.6 Å². The lowest BCUT2D eigenvalue weighted by atomic mass is 10.0. The Morgan fingerprint density at radius 1 is 0.875 bits per heavy atom. The van der Waals surface area contributed by atoms with Crippen molar-refractivity contribution < 1.29 is 0 Å². The largest absolute Gasteiger partial charge is 0.143 e. The second-order valence-corrected chi connectivity index (χ2v) is 4.67. The van der Waals surface area contributed by atoms with Crippen LogP contribution in [0.15, 0.2) is 53.4 Å². The summed E-state index contributed by atoms with van der Waals surface area (Å²) in [5.41, 5.74) is 4.07. The summed E-state index contributed by atoms with van der Waals surface area (Å²) in [4.78, 5) is 1.04. The highest BCUT2D eigenvalue weighted by Gasteiger charge is 1.96. The molecule has 0 unspecified atom stereocenters. The summed E-state index contributed by atoms with van der Waals surface area (Å²) >= 11 is 4.35. The summed E-state index contributed by atoms with van der Waals surface area (Å²) in [5.74, 6) is 0. The molecule has 0 nitrogen and oxygen atoms in total. The predicted octanol–water partition coefficient (Wildman–Crippen LogP) is 4.07. The van der Waals surface area contributed by atoms with Gasteiger partial charge in [0, 0.05) is 4.90 Å². The molecular formula is C15H16S. The van der Waals surface area contributed by atoms with Crippen molar-refractivity contribution >= 4 is 12.6 Å². The van der Waals surface area contributed by atoms with E-state index in [1.807, 2.05) is 6.07 Å². The molecule has 2 aromatic carbocycles. The van der Waals surface area contributed by atoms with Crippen LogP contribution in [-0.4, -0.2) is 0 Å². The van der Waals surface area contributed by atoms with Gasteiger partial charge in [0.25, 0.3) is 0 Å². The third-order valence-electron chi connectivity index (χ3n) is 2.73. The second-order valence-electron chi connectivity index (χ2n) is 4.16. The van der Waals surface area contributed by atoms with E-state index in [-0.39, 0.29) is 0 Å². The fraction of sp³-hybridized carbons (Fsp3) is 0.200. The van der Waals surface area contributed by atoms with E-state index in [1.165, 1.54) is 16.7 Å². The molecule has 82 valence electrons. The molecule has 16 heavy (non-hydrogen) atoms. The number of benzene rings is 2. The van der Waals surface area contributed by atoms with Gasteiger partial charge in [-0.1, -0.05) is 42.0 Å². The highest BCUT2D eigenvalue weighted by molar-refractivity contribution is 7.80. The minimum absolute atomic E-state index is 1.04. The Morgan fingerprint density at radius 2 is 1.56 bits per heavy atom. The van der Waals surface area contributed by atoms with Crippen LogP contribution < -0.4 is 0 Å². The maximum Gasteiger partial charge on any atom is 0.00427 e. The molecular weight excluding hydrogens is 212 g/mol. The van der Waals surface area contributed by atoms with E-state index in [9.17, 15) is 0 Å². The lowest BCUT2D eigenvalue weighted by Gasteiger charge is -2.03. The molecule has 0 aromatic heterocycles. The van der Waals surface area contributed by atoms with Gasteiger partial charge in [-0.05, 0) is 43.0 Å². The van der Waals surface area contributed by atoms with Crippen molar-refractivity contribution in [2.75, 3.05) is 0 Å². The summed E-state index contributed by atoms with van der Waals surface area (Å²) in [6.45, 7) is 2.12. The van der Waals surface area contributed by atoms with Crippen LogP contribution in [0.4, 0.5) is 0 Å². The van der Waals surface area contributed by atoms with Crippen molar-refractivity contribution in [2.45, 2.75) is 24.7 Å². The van der Waals surface area contributed by atoms with Gasteiger partial charge in [-0.25, -0.2) is 0 Å². The number of hydrogen-bond donors (Lipinski definition) is 1. The average molecular weight is 228 g/mol. The third-order valence-corrected chi connectivity index (χ3v) is 3.01. The summed E-state index contributed by atoms with van der Waals surface area (Å²) in [6.07, 6.45) is 2.18. The Bertz CT molecular complexity index is 457. The Balaban J connectivity index is 1.99. The standard InChI is InChI=1S/C15H16S/c1-12-5-7-13(8-6-12)9-10-14-3-2-4-15(16)11-14/h2-8,11,16H,9-10H2,1H3. The first-order valence-electron chi connectivity index (χ1n) is 5.57. The third kappa shape index (κ3) is 3.14. The van der Waals surface area contributed by atoms with E-state index in [2.05, 4.69) is 62.0 Å². The van der Waals surface area contributed by atoms with Gasteiger partial charge in [-0.3, -0.25) is 0 Å². The van der Waals surface area contributed by atoms with Crippen LogP contribution in [0.2, 0.25) is 0 Å². The number of hydrogen-bond acceptors (Lipinski definition) is 1. The van der Waals surface area contributed by atoms with Crippen molar-refractivity contribution in [3.63, 3.8) is 0 Å². The van der Waals surface area contributed by atoms with Crippen LogP contribution in [0.25, 0.3) is 0 Å². The molecule has 0 saturated heterocycles. The summed E-state index contributed by atoms with van der Waals surface area (Å²) in [6, 6.07) is 17.1. The van der Waals surface area contributed by atoms with E-state index >= 15 is 0 Å². The predicted molar refractivity (Wildman–Crippen MR) is 72.3 cm³/mol. The molecule has 2 aromatic rings. The van der Waals surface area contributed by atoms with E-state index < -0.39 is 0 Å². The molecule has 0 atom stereocenters. The monoisotopic (exact) mass is 228 g/mol. The summed E-state index contributed by atoms with van der Waals surface area (Å²) < 4.78 is 0. The van der Waals surface area contributed by atoms with Gasteiger partial charge in [0.2, 0.25) is 0 Å². The maximum atomic E-state index is 4.35. The Kier molecular flexibility index (Phi) is 3.68. The van der Waals surface area contributed by atoms with E-state index in [0.717, 1.165) is 17.7 Å². The molecule has 0 radical (unpaired) electrons. The lowest BCUT2D eigenvalue weighted by Crippen LogP contribution is -1.91. The van der Waals surface area contributed by atoms with Crippen LogP contribution >= 0.6 is 12.6 Å². The van der Waals surface area contributed by atoms with Crippen LogP contribution in [0.5, 0.6) is 0 Å². The lowest BCUT2D eigenvalue weighted by molar-refractivity contribution is 0.954. The van der Waals surface area contributed by atoms with Crippen LogP contribution in [0.3, 0.4) is 0 Å². The summed E-state index contributed by atoms with van der Waals surface area (Å²) in [5, 5.41) is 0. The first-order chi connectivity index (χ1) is 7.74. The minimum atomic E-state index is 1.04. The molecule has 0 amide bonds. The van der Waals surface area contributed by atoms with Gasteiger partial charge in [-0.2, -0.15) is 0 Å². The van der Waals surface area contributed by atoms with E-state index in [1.54, 1.807) is 0 Å². The van der Waals surface area contributed by atoms with Crippen molar-refractivity contribution in [3.05, 3.63) is 65.2 Å². The van der Waals surface area contributed by atoms with Crippen LogP contribution in [-0.2, 0) is 12.8 Å². The molecule has 1 heteroatoms. The zero-order valence-corrected chi connectivity index (χ0v) is 10.4. The quantitative estimate of drug-likeness (QED) is 0.752. The van der Waals surface area contributed by atoms with Gasteiger partial charge in [0.05, 0.1) is 0 Å². The molecule has 0 saturated carbocycles. The molecule has 0 spiro atoms. The normalized spacial score (nSPS) is 10.4. The Hall–Kier alpha value is -1.21. The fourth-order valence-electron chi connectivity index (χ4n) is 1.76. The highest BCUT2D eigenvalue weighted by atomic mass is 32.1. The molecule has 2 rings (SSSR count). The smallest absolute Gasteiger partial charge is 0.00427 e. The van der Waals surface area contributed by atoms with Crippen LogP contribution in [0.1, 0.15) is 16.7 Å². The van der Waals surface area contributed by atoms with Crippen molar-refractivity contribution in [2.24, 2.45) is 0 Å². The molecule has 0 aliphatic rings. The van der Waals surface area contributed by atoms with Crippen LogP contribution in [0, 0.1) is 6.92 Å². The topological polar surface area (TPSA) is 0 Å². The molecule has 0 fully saturated rings. The van der Waals surface area contributed by atoms with Crippen molar-refractivity contribution in [3.8, 4) is 0 Å². The number of thiol groups is 1. The fourth-order valence-corrected chi connectivity index (χ4v) is 2.01. The molecule has 0 aliphatic carbocycles. The first kappa shape index (κ1) is 11.3. The minimum Gasteiger partial charge on any atom is -0.143 e. The van der Waals surface area contributed by atoms with E-state index in [0.29, 0.717) is 0 Å². The van der Waals surface area contributed by atoms with Gasteiger partial charge < -0.3 is 0 Å². The highest BCUT2D eigenvalue weighted by Crippen LogP contribution is 2.12. The van der Waals surface area contributed by atoms with E-state index in [4.69, 9.17) is 0 Å². The number of rotatable bonds is 3. The van der Waals surface area contributed by atoms with Gasteiger partial charge in [0.1, 0.15) is 0 Å². The molecule has 0 bridgehead atoms. The molecule has 0 heterocycles. The van der Waals surface area contributed by atoms with Crippen molar-refractivity contribution in [1.29, 1.82) is 0 Å². The molecule has 0 aliphatic heterocycles. The first-order valence-corrected chi connectivity index (χ1v) is 6.02. The zero-order valence-electron chi connectivity index (χ0n) is 9.48. The van der Waals surface area contributed by atoms with Crippen molar-refractivity contribution in [1.82, 2.24) is 0 Å². The SMILES string of the molecule is Cc1ccc(CCc2cccc(S)c2)cc1. The van der Waals surface area contributed by atoms with Gasteiger partial charge in [0.15, 0.2) is 0 Å².